The van der Waals surface area contributed by atoms with Gasteiger partial charge in [0.05, 0.1) is 14.2 Å². The van der Waals surface area contributed by atoms with Crippen molar-refractivity contribution in [3.63, 3.8) is 0 Å². The third kappa shape index (κ3) is 5.95. The number of allylic oxidation sites excluding steroid dienone is 4. The quantitative estimate of drug-likeness (QED) is 0.383. The fourth-order valence-electron chi connectivity index (χ4n) is 3.38. The van der Waals surface area contributed by atoms with Crippen LogP contribution in [0.4, 0.5) is 5.69 Å². The Hall–Kier alpha value is -3.60. The van der Waals surface area contributed by atoms with Gasteiger partial charge in [-0.05, 0) is 56.2 Å². The van der Waals surface area contributed by atoms with E-state index in [0.717, 1.165) is 11.3 Å². The second kappa shape index (κ2) is 11.6. The SMILES string of the molecule is C=C/C=C(CCN(C(=O)c1ccc(OC)c(OC)c1)c1ccccc1)\C(=C/C)C(C)=O. The van der Waals surface area contributed by atoms with E-state index in [1.54, 1.807) is 42.4 Å². The van der Waals surface area contributed by atoms with Gasteiger partial charge in [0.15, 0.2) is 17.3 Å². The van der Waals surface area contributed by atoms with E-state index >= 15 is 0 Å². The molecule has 0 radical (unpaired) electrons. The number of hydrogen-bond acceptors (Lipinski definition) is 4. The van der Waals surface area contributed by atoms with Gasteiger partial charge in [-0.15, -0.1) is 0 Å². The molecule has 31 heavy (non-hydrogen) atoms. The van der Waals surface area contributed by atoms with Gasteiger partial charge in [0.2, 0.25) is 0 Å². The van der Waals surface area contributed by atoms with Crippen LogP contribution in [0.5, 0.6) is 11.5 Å². The van der Waals surface area contributed by atoms with Crippen molar-refractivity contribution in [2.45, 2.75) is 20.3 Å². The molecular weight excluding hydrogens is 390 g/mol. The van der Waals surface area contributed by atoms with Crippen LogP contribution in [-0.4, -0.2) is 32.5 Å². The number of anilines is 1. The molecule has 0 saturated heterocycles. The number of rotatable bonds is 10. The number of nitrogens with zero attached hydrogens (tertiary/aromatic N) is 1. The van der Waals surface area contributed by atoms with Gasteiger partial charge >= 0.3 is 0 Å². The Morgan fingerprint density at radius 1 is 1.03 bits per heavy atom. The molecule has 0 aliphatic heterocycles. The number of hydrogen-bond donors (Lipinski definition) is 0. The summed E-state index contributed by atoms with van der Waals surface area (Å²) in [6, 6.07) is 14.5. The van der Waals surface area contributed by atoms with Crippen LogP contribution in [0.15, 0.2) is 84.5 Å². The second-order valence-corrected chi connectivity index (χ2v) is 6.80. The standard InChI is InChI=1S/C26H29NO4/c1-6-11-20(23(7-2)19(3)28)16-17-27(22-12-9-8-10-13-22)26(29)21-14-15-24(30-4)25(18-21)31-5/h6-15,18H,1,16-17H2,2-5H3/b20-11-,23-7-. The monoisotopic (exact) mass is 419 g/mol. The Kier molecular flexibility index (Phi) is 8.82. The first-order valence-corrected chi connectivity index (χ1v) is 10.0. The second-order valence-electron chi connectivity index (χ2n) is 6.80. The zero-order chi connectivity index (χ0) is 22.8. The van der Waals surface area contributed by atoms with Gasteiger partial charge in [-0.25, -0.2) is 0 Å². The number of para-hydroxylation sites is 1. The van der Waals surface area contributed by atoms with E-state index in [4.69, 9.17) is 9.47 Å². The van der Waals surface area contributed by atoms with Crippen molar-refractivity contribution in [3.8, 4) is 11.5 Å². The molecule has 0 heterocycles. The van der Waals surface area contributed by atoms with Crippen LogP contribution < -0.4 is 14.4 Å². The first kappa shape index (κ1) is 23.7. The summed E-state index contributed by atoms with van der Waals surface area (Å²) in [7, 11) is 3.09. The van der Waals surface area contributed by atoms with Gasteiger partial charge in [-0.2, -0.15) is 0 Å². The van der Waals surface area contributed by atoms with Gasteiger partial charge in [0.25, 0.3) is 5.91 Å². The first-order valence-electron chi connectivity index (χ1n) is 10.0. The molecule has 0 saturated carbocycles. The van der Waals surface area contributed by atoms with E-state index in [1.807, 2.05) is 43.3 Å². The topological polar surface area (TPSA) is 55.8 Å². The van der Waals surface area contributed by atoms with Crippen molar-refractivity contribution in [3.05, 3.63) is 90.0 Å². The molecule has 162 valence electrons. The first-order chi connectivity index (χ1) is 15.0. The number of benzene rings is 2. The Labute approximate surface area is 184 Å². The fourth-order valence-corrected chi connectivity index (χ4v) is 3.38. The van der Waals surface area contributed by atoms with E-state index in [0.29, 0.717) is 35.6 Å². The number of Topliss-reactive ketones (excluding diaryl/α,β-unsaturated/α-hetero) is 1. The molecule has 0 aromatic heterocycles. The Morgan fingerprint density at radius 3 is 2.26 bits per heavy atom. The molecule has 5 nitrogen and oxygen atoms in total. The number of ether oxygens (including phenoxy) is 2. The minimum atomic E-state index is -0.171. The van der Waals surface area contributed by atoms with E-state index < -0.39 is 0 Å². The highest BCUT2D eigenvalue weighted by Crippen LogP contribution is 2.29. The van der Waals surface area contributed by atoms with Crippen LogP contribution in [0.1, 0.15) is 30.6 Å². The molecule has 2 aromatic rings. The Bertz CT molecular complexity index is 990. The summed E-state index contributed by atoms with van der Waals surface area (Å²) in [6.07, 6.45) is 5.77. The van der Waals surface area contributed by atoms with Crippen LogP contribution in [0, 0.1) is 0 Å². The number of amides is 1. The summed E-state index contributed by atoms with van der Waals surface area (Å²) in [5.41, 5.74) is 2.72. The minimum Gasteiger partial charge on any atom is -0.493 e. The zero-order valence-electron chi connectivity index (χ0n) is 18.6. The summed E-state index contributed by atoms with van der Waals surface area (Å²) >= 11 is 0. The lowest BCUT2D eigenvalue weighted by Gasteiger charge is -2.24. The molecule has 1 amide bonds. The van der Waals surface area contributed by atoms with Crippen LogP contribution >= 0.6 is 0 Å². The van der Waals surface area contributed by atoms with E-state index in [2.05, 4.69) is 6.58 Å². The average Bonchev–Trinajstić information content (AvgIpc) is 2.79. The maximum atomic E-state index is 13.5. The van der Waals surface area contributed by atoms with Gasteiger partial charge < -0.3 is 14.4 Å². The lowest BCUT2D eigenvalue weighted by Crippen LogP contribution is -2.32. The van der Waals surface area contributed by atoms with Crippen molar-refractivity contribution >= 4 is 17.4 Å². The summed E-state index contributed by atoms with van der Waals surface area (Å²) in [5.74, 6) is 0.852. The molecule has 0 aliphatic carbocycles. The highest BCUT2D eigenvalue weighted by Gasteiger charge is 2.21. The normalized spacial score (nSPS) is 11.6. The van der Waals surface area contributed by atoms with Crippen molar-refractivity contribution in [2.24, 2.45) is 0 Å². The molecule has 0 spiro atoms. The smallest absolute Gasteiger partial charge is 0.258 e. The molecule has 0 aliphatic rings. The van der Waals surface area contributed by atoms with Gasteiger partial charge in [0, 0.05) is 23.4 Å². The number of carbonyl (C=O) groups excluding carboxylic acids is 2. The molecule has 2 aromatic carbocycles. The molecule has 0 unspecified atom stereocenters. The average molecular weight is 420 g/mol. The zero-order valence-corrected chi connectivity index (χ0v) is 18.6. The third-order valence-corrected chi connectivity index (χ3v) is 4.88. The van der Waals surface area contributed by atoms with Crippen LogP contribution in [-0.2, 0) is 4.79 Å². The highest BCUT2D eigenvalue weighted by atomic mass is 16.5. The molecule has 2 rings (SSSR count). The van der Waals surface area contributed by atoms with Gasteiger partial charge in [-0.1, -0.05) is 43.0 Å². The van der Waals surface area contributed by atoms with Crippen molar-refractivity contribution in [1.82, 2.24) is 0 Å². The molecule has 0 atom stereocenters. The summed E-state index contributed by atoms with van der Waals surface area (Å²) in [6.45, 7) is 7.52. The van der Waals surface area contributed by atoms with Gasteiger partial charge in [0.1, 0.15) is 0 Å². The molecular formula is C26H29NO4. The third-order valence-electron chi connectivity index (χ3n) is 4.88. The lowest BCUT2D eigenvalue weighted by atomic mass is 9.98. The maximum absolute atomic E-state index is 13.5. The molecule has 0 bridgehead atoms. The largest absolute Gasteiger partial charge is 0.493 e. The van der Waals surface area contributed by atoms with Crippen molar-refractivity contribution in [1.29, 1.82) is 0 Å². The number of carbonyl (C=O) groups is 2. The Morgan fingerprint density at radius 2 is 1.71 bits per heavy atom. The fraction of sp³-hybridized carbons (Fsp3) is 0.231. The van der Waals surface area contributed by atoms with Crippen LogP contribution in [0.2, 0.25) is 0 Å². The molecule has 5 heteroatoms. The number of methoxy groups -OCH3 is 2. The maximum Gasteiger partial charge on any atom is 0.258 e. The highest BCUT2D eigenvalue weighted by molar-refractivity contribution is 6.06. The number of ketones is 1. The summed E-state index contributed by atoms with van der Waals surface area (Å²) < 4.78 is 10.6. The van der Waals surface area contributed by atoms with Crippen molar-refractivity contribution in [2.75, 3.05) is 25.7 Å². The van der Waals surface area contributed by atoms with Gasteiger partial charge in [-0.3, -0.25) is 9.59 Å². The van der Waals surface area contributed by atoms with Crippen LogP contribution in [0.25, 0.3) is 0 Å². The van der Waals surface area contributed by atoms with E-state index in [9.17, 15) is 9.59 Å². The van der Waals surface area contributed by atoms with E-state index in [-0.39, 0.29) is 11.7 Å². The molecule has 0 N–H and O–H groups in total. The lowest BCUT2D eigenvalue weighted by molar-refractivity contribution is -0.113. The van der Waals surface area contributed by atoms with Crippen molar-refractivity contribution < 1.29 is 19.1 Å². The summed E-state index contributed by atoms with van der Waals surface area (Å²) in [5, 5.41) is 0. The van der Waals surface area contributed by atoms with E-state index in [1.165, 1.54) is 14.0 Å². The predicted molar refractivity (Wildman–Crippen MR) is 125 cm³/mol. The molecule has 0 fully saturated rings. The minimum absolute atomic E-state index is 0.0203. The van der Waals surface area contributed by atoms with Crippen LogP contribution in [0.3, 0.4) is 0 Å². The Balaban J connectivity index is 2.40. The predicted octanol–water partition coefficient (Wildman–Crippen LogP) is 5.39. The summed E-state index contributed by atoms with van der Waals surface area (Å²) in [4.78, 5) is 27.2.